The van der Waals surface area contributed by atoms with Gasteiger partial charge in [0.25, 0.3) is 0 Å². The van der Waals surface area contributed by atoms with Gasteiger partial charge in [0.15, 0.2) is 9.84 Å². The quantitative estimate of drug-likeness (QED) is 0.892. The maximum atomic E-state index is 12.5. The highest BCUT2D eigenvalue weighted by atomic mass is 32.2. The lowest BCUT2D eigenvalue weighted by atomic mass is 10.00. The molecule has 2 aromatic rings. The summed E-state index contributed by atoms with van der Waals surface area (Å²) in [6, 6.07) is 4.30. The van der Waals surface area contributed by atoms with E-state index in [0.717, 1.165) is 23.4 Å². The largest absolute Gasteiger partial charge is 0.341 e. The lowest BCUT2D eigenvalue weighted by Gasteiger charge is -2.24. The molecule has 1 aromatic carbocycles. The monoisotopic (exact) mass is 362 g/mol. The normalized spacial score (nSPS) is 28.9. The van der Waals surface area contributed by atoms with Crippen molar-refractivity contribution in [2.75, 3.05) is 32.9 Å². The van der Waals surface area contributed by atoms with Crippen molar-refractivity contribution in [1.29, 1.82) is 0 Å². The van der Waals surface area contributed by atoms with E-state index in [1.807, 2.05) is 14.1 Å². The third kappa shape index (κ3) is 2.78. The van der Waals surface area contributed by atoms with Gasteiger partial charge in [-0.1, -0.05) is 6.07 Å². The smallest absolute Gasteiger partial charge is 0.156 e. The van der Waals surface area contributed by atoms with Crippen LogP contribution in [0.2, 0.25) is 0 Å². The minimum atomic E-state index is -2.99. The molecule has 7 heteroatoms. The highest BCUT2D eigenvalue weighted by Crippen LogP contribution is 2.36. The summed E-state index contributed by atoms with van der Waals surface area (Å²) < 4.78 is 25.0. The first-order chi connectivity index (χ1) is 11.8. The number of rotatable bonds is 3. The summed E-state index contributed by atoms with van der Waals surface area (Å²) in [4.78, 5) is 12.5. The molecule has 2 aliphatic rings. The van der Waals surface area contributed by atoms with Gasteiger partial charge in [0, 0.05) is 25.0 Å². The molecule has 25 heavy (non-hydrogen) atoms. The van der Waals surface area contributed by atoms with Gasteiger partial charge >= 0.3 is 0 Å². The molecule has 1 N–H and O–H groups in total. The number of imidazole rings is 1. The summed E-state index contributed by atoms with van der Waals surface area (Å²) in [6.45, 7) is 6.30. The molecule has 2 saturated heterocycles. The Morgan fingerprint density at radius 3 is 2.76 bits per heavy atom. The first-order valence-electron chi connectivity index (χ1n) is 8.81. The molecule has 0 unspecified atom stereocenters. The van der Waals surface area contributed by atoms with Crippen LogP contribution in [0.15, 0.2) is 12.1 Å². The van der Waals surface area contributed by atoms with Crippen molar-refractivity contribution in [3.05, 3.63) is 29.1 Å². The van der Waals surface area contributed by atoms with Gasteiger partial charge < -0.3 is 9.88 Å². The number of aromatic amines is 1. The Balaban J connectivity index is 1.56. The van der Waals surface area contributed by atoms with E-state index in [9.17, 15) is 8.42 Å². The minimum absolute atomic E-state index is 0.126. The number of nitrogens with zero attached hydrogens (tertiary/aromatic N) is 3. The summed E-state index contributed by atoms with van der Waals surface area (Å²) in [5.41, 5.74) is 4.51. The van der Waals surface area contributed by atoms with Gasteiger partial charge in [0.1, 0.15) is 5.82 Å². The first kappa shape index (κ1) is 17.0. The van der Waals surface area contributed by atoms with E-state index in [1.54, 1.807) is 0 Å². The van der Waals surface area contributed by atoms with Crippen LogP contribution in [0.1, 0.15) is 17.0 Å². The number of sulfone groups is 1. The first-order valence-corrected chi connectivity index (χ1v) is 10.5. The molecule has 0 saturated carbocycles. The Bertz CT molecular complexity index is 919. The molecule has 2 fully saturated rings. The molecule has 0 amide bonds. The Morgan fingerprint density at radius 2 is 2.04 bits per heavy atom. The fraction of sp³-hybridized carbons (Fsp3) is 0.611. The van der Waals surface area contributed by atoms with Crippen molar-refractivity contribution >= 4 is 20.9 Å². The average Bonchev–Trinajstić information content (AvgIpc) is 3.18. The summed E-state index contributed by atoms with van der Waals surface area (Å²) in [7, 11) is 0.969. The van der Waals surface area contributed by atoms with E-state index < -0.39 is 9.84 Å². The van der Waals surface area contributed by atoms with Crippen molar-refractivity contribution in [3.63, 3.8) is 0 Å². The molecule has 3 heterocycles. The van der Waals surface area contributed by atoms with Gasteiger partial charge in [-0.2, -0.15) is 0 Å². The molecule has 0 aliphatic carbocycles. The number of H-pyrrole nitrogens is 1. The van der Waals surface area contributed by atoms with E-state index in [1.165, 1.54) is 11.1 Å². The fourth-order valence-corrected chi connectivity index (χ4v) is 6.93. The van der Waals surface area contributed by atoms with Crippen molar-refractivity contribution < 1.29 is 8.42 Å². The van der Waals surface area contributed by atoms with Crippen molar-refractivity contribution in [2.24, 2.45) is 5.92 Å². The van der Waals surface area contributed by atoms with E-state index in [0.29, 0.717) is 18.8 Å². The lowest BCUT2D eigenvalue weighted by Crippen LogP contribution is -2.37. The number of aromatic nitrogens is 2. The molecule has 4 rings (SSSR count). The number of aryl methyl sites for hydroxylation is 2. The van der Waals surface area contributed by atoms with Crippen LogP contribution in [0, 0.1) is 19.8 Å². The van der Waals surface area contributed by atoms with E-state index in [2.05, 4.69) is 40.8 Å². The highest BCUT2D eigenvalue weighted by molar-refractivity contribution is 7.92. The number of benzene rings is 1. The van der Waals surface area contributed by atoms with Gasteiger partial charge in [-0.15, -0.1) is 0 Å². The van der Waals surface area contributed by atoms with Crippen LogP contribution in [-0.2, 0) is 16.4 Å². The predicted molar refractivity (Wildman–Crippen MR) is 99.4 cm³/mol. The van der Waals surface area contributed by atoms with Crippen LogP contribution in [-0.4, -0.2) is 72.4 Å². The fourth-order valence-electron chi connectivity index (χ4n) is 4.43. The van der Waals surface area contributed by atoms with E-state index in [-0.39, 0.29) is 17.2 Å². The maximum absolute atomic E-state index is 12.5. The Morgan fingerprint density at radius 1 is 1.28 bits per heavy atom. The molecule has 0 spiro atoms. The maximum Gasteiger partial charge on any atom is 0.156 e. The van der Waals surface area contributed by atoms with E-state index in [4.69, 9.17) is 4.98 Å². The second kappa shape index (κ2) is 5.79. The van der Waals surface area contributed by atoms with Crippen LogP contribution in [0.5, 0.6) is 0 Å². The standard InChI is InChI=1S/C18H26N4O2S/c1-11-5-6-14-18(12(11)2)20-17(19-14)9-22-7-13-15(21(3)4)10-25(23,24)16(13)8-22/h5-6,13,15-16H,7-10H2,1-4H3,(H,19,20)/t13-,15-,16-/m0/s1. The number of hydrogen-bond donors (Lipinski definition) is 1. The van der Waals surface area contributed by atoms with Crippen molar-refractivity contribution in [1.82, 2.24) is 19.8 Å². The van der Waals surface area contributed by atoms with Crippen molar-refractivity contribution in [2.45, 2.75) is 31.7 Å². The SMILES string of the molecule is Cc1ccc2[nH]c(CN3C[C@H]4[C@@H](N(C)C)CS(=O)(=O)[C@H]4C3)nc2c1C. The Hall–Kier alpha value is -1.44. The van der Waals surface area contributed by atoms with Crippen LogP contribution in [0.4, 0.5) is 0 Å². The van der Waals surface area contributed by atoms with Gasteiger partial charge in [0.05, 0.1) is 28.6 Å². The zero-order valence-corrected chi connectivity index (χ0v) is 16.1. The molecule has 0 bridgehead atoms. The molecular weight excluding hydrogens is 336 g/mol. The Kier molecular flexibility index (Phi) is 3.94. The number of likely N-dealkylation sites (tertiary alicyclic amines) is 1. The number of hydrogen-bond acceptors (Lipinski definition) is 5. The average molecular weight is 362 g/mol. The molecular formula is C18H26N4O2S. The third-order valence-corrected chi connectivity index (χ3v) is 8.23. The summed E-state index contributed by atoms with van der Waals surface area (Å²) in [6.07, 6.45) is 0. The predicted octanol–water partition coefficient (Wildman–Crippen LogP) is 1.34. The summed E-state index contributed by atoms with van der Waals surface area (Å²) >= 11 is 0. The molecule has 136 valence electrons. The molecule has 1 aromatic heterocycles. The molecule has 3 atom stereocenters. The van der Waals surface area contributed by atoms with Gasteiger partial charge in [0.2, 0.25) is 0 Å². The van der Waals surface area contributed by atoms with E-state index >= 15 is 0 Å². The second-order valence-corrected chi connectivity index (χ2v) is 10.1. The van der Waals surface area contributed by atoms with Crippen LogP contribution >= 0.6 is 0 Å². The van der Waals surface area contributed by atoms with Crippen LogP contribution in [0.25, 0.3) is 11.0 Å². The van der Waals surface area contributed by atoms with Gasteiger partial charge in [-0.3, -0.25) is 4.90 Å². The Labute approximate surface area is 149 Å². The summed E-state index contributed by atoms with van der Waals surface area (Å²) in [5, 5.41) is -0.228. The van der Waals surface area contributed by atoms with Crippen LogP contribution in [0.3, 0.4) is 0 Å². The van der Waals surface area contributed by atoms with Gasteiger partial charge in [-0.25, -0.2) is 13.4 Å². The zero-order chi connectivity index (χ0) is 17.9. The topological polar surface area (TPSA) is 69.3 Å². The lowest BCUT2D eigenvalue weighted by molar-refractivity contribution is 0.228. The molecule has 6 nitrogen and oxygen atoms in total. The minimum Gasteiger partial charge on any atom is -0.341 e. The second-order valence-electron chi connectivity index (χ2n) is 7.84. The van der Waals surface area contributed by atoms with Crippen LogP contribution < -0.4 is 0 Å². The molecule has 0 radical (unpaired) electrons. The van der Waals surface area contributed by atoms with Crippen molar-refractivity contribution in [3.8, 4) is 0 Å². The van der Waals surface area contributed by atoms with Gasteiger partial charge in [-0.05, 0) is 45.1 Å². The number of nitrogens with one attached hydrogen (secondary N) is 1. The molecule has 2 aliphatic heterocycles. The highest BCUT2D eigenvalue weighted by Gasteiger charge is 2.52. The summed E-state index contributed by atoms with van der Waals surface area (Å²) in [5.74, 6) is 1.42. The third-order valence-electron chi connectivity index (χ3n) is 6.01. The number of fused-ring (bicyclic) bond motifs is 2. The zero-order valence-electron chi connectivity index (χ0n) is 15.3.